The van der Waals surface area contributed by atoms with E-state index in [1.54, 1.807) is 11.8 Å². The second-order valence-electron chi connectivity index (χ2n) is 6.97. The molecule has 1 aromatic rings. The molecule has 2 aliphatic rings. The van der Waals surface area contributed by atoms with Crippen molar-refractivity contribution in [3.8, 4) is 0 Å². The van der Waals surface area contributed by atoms with Crippen molar-refractivity contribution in [3.05, 3.63) is 29.8 Å². The Bertz CT molecular complexity index is 698. The van der Waals surface area contributed by atoms with Crippen LogP contribution < -0.4 is 5.32 Å². The number of nitrogens with one attached hydrogen (secondary N) is 1. The minimum absolute atomic E-state index is 0.0497. The highest BCUT2D eigenvalue weighted by atomic mass is 16.4. The molecule has 0 bridgehead atoms. The molecule has 0 aliphatic carbocycles. The number of likely N-dealkylation sites (tertiary alicyclic amines) is 1. The topological polar surface area (TPSA) is 90.0 Å². The lowest BCUT2D eigenvalue weighted by Gasteiger charge is -2.40. The van der Waals surface area contributed by atoms with Gasteiger partial charge in [-0.15, -0.1) is 0 Å². The molecular weight excluding hydrogens is 334 g/mol. The van der Waals surface area contributed by atoms with Gasteiger partial charge in [-0.2, -0.15) is 0 Å². The summed E-state index contributed by atoms with van der Waals surface area (Å²) in [6.45, 7) is 3.48. The lowest BCUT2D eigenvalue weighted by molar-refractivity contribution is -0.146. The minimum Gasteiger partial charge on any atom is -0.481 e. The Morgan fingerprint density at radius 2 is 1.96 bits per heavy atom. The first kappa shape index (κ1) is 18.2. The summed E-state index contributed by atoms with van der Waals surface area (Å²) >= 11 is 0. The van der Waals surface area contributed by atoms with Crippen LogP contribution in [0.1, 0.15) is 38.2 Å². The smallest absolute Gasteiger partial charge is 0.322 e. The first-order chi connectivity index (χ1) is 12.5. The number of para-hydroxylation sites is 1. The molecule has 2 aliphatic heterocycles. The van der Waals surface area contributed by atoms with Crippen molar-refractivity contribution in [1.82, 2.24) is 9.80 Å². The zero-order valence-corrected chi connectivity index (χ0v) is 15.0. The first-order valence-corrected chi connectivity index (χ1v) is 9.15. The Kier molecular flexibility index (Phi) is 5.44. The summed E-state index contributed by atoms with van der Waals surface area (Å²) in [6, 6.07) is 7.77. The van der Waals surface area contributed by atoms with Gasteiger partial charge in [0, 0.05) is 37.8 Å². The van der Waals surface area contributed by atoms with Gasteiger partial charge in [-0.05, 0) is 30.9 Å². The van der Waals surface area contributed by atoms with Gasteiger partial charge in [0.1, 0.15) is 0 Å². The van der Waals surface area contributed by atoms with Gasteiger partial charge >= 0.3 is 12.0 Å². The van der Waals surface area contributed by atoms with Crippen LogP contribution >= 0.6 is 0 Å². The van der Waals surface area contributed by atoms with Crippen molar-refractivity contribution in [2.75, 3.05) is 18.4 Å². The second kappa shape index (κ2) is 7.76. The number of carbonyl (C=O) groups excluding carboxylic acids is 2. The maximum absolute atomic E-state index is 12.4. The van der Waals surface area contributed by atoms with Crippen LogP contribution in [0.25, 0.3) is 0 Å². The molecule has 0 spiro atoms. The Morgan fingerprint density at radius 1 is 1.27 bits per heavy atom. The maximum atomic E-state index is 12.4. The van der Waals surface area contributed by atoms with E-state index in [1.165, 1.54) is 0 Å². The van der Waals surface area contributed by atoms with Crippen molar-refractivity contribution < 1.29 is 19.5 Å². The van der Waals surface area contributed by atoms with Gasteiger partial charge in [-0.1, -0.05) is 25.1 Å². The third-order valence-corrected chi connectivity index (χ3v) is 5.38. The van der Waals surface area contributed by atoms with Crippen LogP contribution in [0, 0.1) is 5.92 Å². The third-order valence-electron chi connectivity index (χ3n) is 5.38. The monoisotopic (exact) mass is 359 g/mol. The van der Waals surface area contributed by atoms with E-state index in [9.17, 15) is 14.4 Å². The molecule has 26 heavy (non-hydrogen) atoms. The molecule has 1 unspecified atom stereocenters. The highest BCUT2D eigenvalue weighted by Crippen LogP contribution is 2.27. The molecule has 1 aromatic carbocycles. The van der Waals surface area contributed by atoms with E-state index < -0.39 is 11.9 Å². The summed E-state index contributed by atoms with van der Waals surface area (Å²) in [6.07, 6.45) is 1.93. The van der Waals surface area contributed by atoms with E-state index in [-0.39, 0.29) is 24.4 Å². The van der Waals surface area contributed by atoms with Crippen molar-refractivity contribution in [2.24, 2.45) is 5.92 Å². The SMILES string of the molecule is CCC(CC(=O)N1CCC(N2Cc3ccccc3NC2=O)CC1)C(=O)O. The number of carboxylic acids is 1. The fourth-order valence-electron chi connectivity index (χ4n) is 3.69. The van der Waals surface area contributed by atoms with Crippen LogP contribution in [0.5, 0.6) is 0 Å². The van der Waals surface area contributed by atoms with Crippen molar-refractivity contribution in [3.63, 3.8) is 0 Å². The van der Waals surface area contributed by atoms with E-state index in [2.05, 4.69) is 5.32 Å². The molecule has 0 radical (unpaired) electrons. The standard InChI is InChI=1S/C19H25N3O4/c1-2-13(18(24)25)11-17(23)21-9-7-15(8-10-21)22-12-14-5-3-4-6-16(14)20-19(22)26/h3-6,13,15H,2,7-12H2,1H3,(H,20,26)(H,24,25). The number of carboxylic acid groups (broad SMARTS) is 1. The van der Waals surface area contributed by atoms with Crippen LogP contribution in [0.15, 0.2) is 24.3 Å². The molecule has 2 N–H and O–H groups in total. The van der Waals surface area contributed by atoms with Gasteiger partial charge in [0.2, 0.25) is 5.91 Å². The summed E-state index contributed by atoms with van der Waals surface area (Å²) in [4.78, 5) is 39.5. The van der Waals surface area contributed by atoms with Crippen LogP contribution in [-0.4, -0.2) is 51.9 Å². The number of piperidine rings is 1. The number of amides is 3. The van der Waals surface area contributed by atoms with Gasteiger partial charge in [-0.25, -0.2) is 4.79 Å². The van der Waals surface area contributed by atoms with E-state index in [4.69, 9.17) is 5.11 Å². The summed E-state index contributed by atoms with van der Waals surface area (Å²) in [7, 11) is 0. The van der Waals surface area contributed by atoms with Crippen molar-refractivity contribution >= 4 is 23.6 Å². The van der Waals surface area contributed by atoms with Gasteiger partial charge in [-0.3, -0.25) is 9.59 Å². The fraction of sp³-hybridized carbons (Fsp3) is 0.526. The van der Waals surface area contributed by atoms with Gasteiger partial charge in [0.05, 0.1) is 5.92 Å². The Labute approximate surface area is 153 Å². The van der Waals surface area contributed by atoms with Gasteiger partial charge in [0.25, 0.3) is 0 Å². The highest BCUT2D eigenvalue weighted by molar-refractivity contribution is 5.92. The Morgan fingerprint density at radius 3 is 2.62 bits per heavy atom. The highest BCUT2D eigenvalue weighted by Gasteiger charge is 2.33. The number of hydrogen-bond acceptors (Lipinski definition) is 3. The first-order valence-electron chi connectivity index (χ1n) is 9.15. The Balaban J connectivity index is 1.56. The predicted molar refractivity (Wildman–Crippen MR) is 96.6 cm³/mol. The minimum atomic E-state index is -0.917. The van der Waals surface area contributed by atoms with E-state index >= 15 is 0 Å². The zero-order chi connectivity index (χ0) is 18.7. The molecule has 0 aromatic heterocycles. The molecule has 1 saturated heterocycles. The maximum Gasteiger partial charge on any atom is 0.322 e. The number of aliphatic carboxylic acids is 1. The van der Waals surface area contributed by atoms with Crippen LogP contribution in [0.4, 0.5) is 10.5 Å². The number of anilines is 1. The molecule has 0 saturated carbocycles. The molecule has 1 atom stereocenters. The molecule has 2 heterocycles. The fourth-order valence-corrected chi connectivity index (χ4v) is 3.69. The average molecular weight is 359 g/mol. The van der Waals surface area contributed by atoms with Crippen LogP contribution in [-0.2, 0) is 16.1 Å². The third kappa shape index (κ3) is 3.81. The lowest BCUT2D eigenvalue weighted by Crippen LogP contribution is -2.51. The summed E-state index contributed by atoms with van der Waals surface area (Å²) in [5.74, 6) is -1.64. The van der Waals surface area contributed by atoms with Crippen LogP contribution in [0.3, 0.4) is 0 Å². The number of fused-ring (bicyclic) bond motifs is 1. The average Bonchev–Trinajstić information content (AvgIpc) is 2.65. The summed E-state index contributed by atoms with van der Waals surface area (Å²) in [5.41, 5.74) is 1.96. The van der Waals surface area contributed by atoms with E-state index in [1.807, 2.05) is 29.2 Å². The summed E-state index contributed by atoms with van der Waals surface area (Å²) < 4.78 is 0. The molecule has 1 fully saturated rings. The normalized spacial score (nSPS) is 18.9. The van der Waals surface area contributed by atoms with Gasteiger partial charge < -0.3 is 20.2 Å². The van der Waals surface area contributed by atoms with Gasteiger partial charge in [0.15, 0.2) is 0 Å². The molecule has 140 valence electrons. The van der Waals surface area contributed by atoms with Crippen molar-refractivity contribution in [2.45, 2.75) is 45.2 Å². The quantitative estimate of drug-likeness (QED) is 0.845. The number of rotatable bonds is 5. The molecular formula is C19H25N3O4. The predicted octanol–water partition coefficient (Wildman–Crippen LogP) is 2.53. The molecule has 7 nitrogen and oxygen atoms in total. The summed E-state index contributed by atoms with van der Waals surface area (Å²) in [5, 5.41) is 12.0. The Hall–Kier alpha value is -2.57. The molecule has 3 rings (SSSR count). The molecule has 3 amide bonds. The second-order valence-corrected chi connectivity index (χ2v) is 6.97. The number of hydrogen-bond donors (Lipinski definition) is 2. The van der Waals surface area contributed by atoms with Crippen LogP contribution in [0.2, 0.25) is 0 Å². The zero-order valence-electron chi connectivity index (χ0n) is 15.0. The lowest BCUT2D eigenvalue weighted by atomic mass is 9.98. The largest absolute Gasteiger partial charge is 0.481 e. The molecule has 7 heteroatoms. The van der Waals surface area contributed by atoms with E-state index in [0.29, 0.717) is 38.9 Å². The number of carbonyl (C=O) groups is 3. The van der Waals surface area contributed by atoms with Crippen molar-refractivity contribution in [1.29, 1.82) is 0 Å². The number of urea groups is 1. The number of nitrogens with zero attached hydrogens (tertiary/aromatic N) is 2. The van der Waals surface area contributed by atoms with E-state index in [0.717, 1.165) is 11.3 Å². The number of benzene rings is 1.